The molecule has 2 amide bonds. The monoisotopic (exact) mass is 321 g/mol. The normalized spacial score (nSPS) is 10.4. The van der Waals surface area contributed by atoms with Crippen LogP contribution < -0.4 is 10.1 Å². The maximum atomic E-state index is 11.7. The molecule has 1 N–H and O–H groups in total. The number of ether oxygens (including phenoxy) is 1. The van der Waals surface area contributed by atoms with E-state index in [4.69, 9.17) is 4.74 Å². The Morgan fingerprint density at radius 2 is 1.78 bits per heavy atom. The number of rotatable bonds is 10. The van der Waals surface area contributed by atoms with E-state index in [9.17, 15) is 9.59 Å². The van der Waals surface area contributed by atoms with Gasteiger partial charge in [0.15, 0.2) is 0 Å². The molecule has 1 rings (SSSR count). The highest BCUT2D eigenvalue weighted by Gasteiger charge is 2.09. The summed E-state index contributed by atoms with van der Waals surface area (Å²) < 4.78 is 5.48. The zero-order valence-corrected chi connectivity index (χ0v) is 14.2. The fourth-order valence-corrected chi connectivity index (χ4v) is 1.94. The number of amides is 2. The fourth-order valence-electron chi connectivity index (χ4n) is 1.94. The zero-order chi connectivity index (χ0) is 17.1. The van der Waals surface area contributed by atoms with Crippen LogP contribution in [0.3, 0.4) is 0 Å². The average Bonchev–Trinajstić information content (AvgIpc) is 2.51. The Labute approximate surface area is 138 Å². The van der Waals surface area contributed by atoms with Crippen LogP contribution in [0.1, 0.15) is 13.3 Å². The van der Waals surface area contributed by atoms with Gasteiger partial charge in [0.05, 0.1) is 13.0 Å². The van der Waals surface area contributed by atoms with Gasteiger partial charge in [0.2, 0.25) is 11.8 Å². The summed E-state index contributed by atoms with van der Waals surface area (Å²) in [4.78, 5) is 27.0. The first-order valence-electron chi connectivity index (χ1n) is 7.84. The second kappa shape index (κ2) is 10.6. The van der Waals surface area contributed by atoms with Crippen LogP contribution in [-0.2, 0) is 9.59 Å². The van der Waals surface area contributed by atoms with Crippen molar-refractivity contribution in [3.8, 4) is 5.75 Å². The number of likely N-dealkylation sites (N-methyl/N-ethyl adjacent to an activating group) is 1. The van der Waals surface area contributed by atoms with E-state index in [1.54, 1.807) is 11.8 Å². The smallest absolute Gasteiger partial charge is 0.223 e. The molecule has 0 saturated carbocycles. The van der Waals surface area contributed by atoms with Crippen LogP contribution in [0.15, 0.2) is 30.3 Å². The lowest BCUT2D eigenvalue weighted by Gasteiger charge is -2.23. The van der Waals surface area contributed by atoms with Gasteiger partial charge < -0.3 is 19.9 Å². The van der Waals surface area contributed by atoms with E-state index in [2.05, 4.69) is 5.32 Å². The Morgan fingerprint density at radius 1 is 1.09 bits per heavy atom. The van der Waals surface area contributed by atoms with Crippen molar-refractivity contribution in [3.63, 3.8) is 0 Å². The molecule has 0 aliphatic rings. The number of hydrogen-bond donors (Lipinski definition) is 1. The van der Waals surface area contributed by atoms with Gasteiger partial charge >= 0.3 is 0 Å². The third-order valence-corrected chi connectivity index (χ3v) is 3.31. The molecule has 1 aromatic rings. The summed E-state index contributed by atoms with van der Waals surface area (Å²) >= 11 is 0. The van der Waals surface area contributed by atoms with Crippen LogP contribution in [0.25, 0.3) is 0 Å². The van der Waals surface area contributed by atoms with E-state index in [1.807, 2.05) is 49.3 Å². The average molecular weight is 321 g/mol. The summed E-state index contributed by atoms with van der Waals surface area (Å²) in [5, 5.41) is 2.82. The number of carbonyl (C=O) groups excluding carboxylic acids is 2. The molecular weight excluding hydrogens is 294 g/mol. The highest BCUT2D eigenvalue weighted by Crippen LogP contribution is 2.08. The predicted molar refractivity (Wildman–Crippen MR) is 90.4 cm³/mol. The molecule has 0 bridgehead atoms. The number of carbonyl (C=O) groups is 2. The standard InChI is InChI=1S/C17H27N3O3/c1-15(21)20(13-12-19(2)3)11-10-18-17(22)9-14-23-16-7-5-4-6-8-16/h4-8H,9-14H2,1-3H3,(H,18,22). The predicted octanol–water partition coefficient (Wildman–Crippen LogP) is 0.982. The Morgan fingerprint density at radius 3 is 2.39 bits per heavy atom. The summed E-state index contributed by atoms with van der Waals surface area (Å²) in [6, 6.07) is 9.40. The Balaban J connectivity index is 2.17. The summed E-state index contributed by atoms with van der Waals surface area (Å²) in [7, 11) is 3.93. The van der Waals surface area contributed by atoms with E-state index in [0.717, 1.165) is 12.3 Å². The molecular formula is C17H27N3O3. The Hall–Kier alpha value is -2.08. The molecule has 23 heavy (non-hydrogen) atoms. The lowest BCUT2D eigenvalue weighted by molar-refractivity contribution is -0.129. The number of hydrogen-bond acceptors (Lipinski definition) is 4. The van der Waals surface area contributed by atoms with Crippen molar-refractivity contribution >= 4 is 11.8 Å². The van der Waals surface area contributed by atoms with E-state index >= 15 is 0 Å². The van der Waals surface area contributed by atoms with Gasteiger partial charge in [-0.3, -0.25) is 9.59 Å². The van der Waals surface area contributed by atoms with Crippen molar-refractivity contribution in [3.05, 3.63) is 30.3 Å². The molecule has 0 atom stereocenters. The maximum Gasteiger partial charge on any atom is 0.223 e. The van der Waals surface area contributed by atoms with E-state index in [-0.39, 0.29) is 11.8 Å². The molecule has 0 heterocycles. The molecule has 0 aliphatic heterocycles. The van der Waals surface area contributed by atoms with E-state index in [0.29, 0.717) is 32.7 Å². The third-order valence-electron chi connectivity index (χ3n) is 3.31. The van der Waals surface area contributed by atoms with Crippen LogP contribution in [0.2, 0.25) is 0 Å². The van der Waals surface area contributed by atoms with Crippen molar-refractivity contribution in [1.82, 2.24) is 15.1 Å². The van der Waals surface area contributed by atoms with Gasteiger partial charge in [-0.1, -0.05) is 18.2 Å². The molecule has 0 aromatic heterocycles. The first-order valence-corrected chi connectivity index (χ1v) is 7.84. The van der Waals surface area contributed by atoms with Crippen LogP contribution in [0.4, 0.5) is 0 Å². The van der Waals surface area contributed by atoms with Gasteiger partial charge in [0.25, 0.3) is 0 Å². The molecule has 128 valence electrons. The first-order chi connectivity index (χ1) is 11.0. The van der Waals surface area contributed by atoms with Gasteiger partial charge in [-0.25, -0.2) is 0 Å². The molecule has 0 aliphatic carbocycles. The van der Waals surface area contributed by atoms with Crippen molar-refractivity contribution in [2.75, 3.05) is 46.9 Å². The highest BCUT2D eigenvalue weighted by molar-refractivity contribution is 5.76. The maximum absolute atomic E-state index is 11.7. The molecule has 0 fully saturated rings. The van der Waals surface area contributed by atoms with Gasteiger partial charge in [-0.2, -0.15) is 0 Å². The quantitative estimate of drug-likeness (QED) is 0.698. The van der Waals surface area contributed by atoms with Gasteiger partial charge in [0.1, 0.15) is 5.75 Å². The van der Waals surface area contributed by atoms with Crippen LogP contribution in [0.5, 0.6) is 5.75 Å². The Kier molecular flexibility index (Phi) is 8.75. The van der Waals surface area contributed by atoms with E-state index in [1.165, 1.54) is 0 Å². The van der Waals surface area contributed by atoms with Crippen molar-refractivity contribution in [2.45, 2.75) is 13.3 Å². The summed E-state index contributed by atoms with van der Waals surface area (Å²) in [5.74, 6) is 0.706. The topological polar surface area (TPSA) is 61.9 Å². The summed E-state index contributed by atoms with van der Waals surface area (Å²) in [6.45, 7) is 4.33. The second-order valence-corrected chi connectivity index (χ2v) is 5.57. The number of nitrogens with one attached hydrogen (secondary N) is 1. The van der Waals surface area contributed by atoms with Crippen molar-refractivity contribution in [1.29, 1.82) is 0 Å². The minimum atomic E-state index is -0.0722. The molecule has 0 unspecified atom stereocenters. The van der Waals surface area contributed by atoms with Crippen LogP contribution in [-0.4, -0.2) is 68.5 Å². The second-order valence-electron chi connectivity index (χ2n) is 5.57. The lowest BCUT2D eigenvalue weighted by atomic mass is 10.3. The number of nitrogens with zero attached hydrogens (tertiary/aromatic N) is 2. The molecule has 0 saturated heterocycles. The molecule has 0 radical (unpaired) electrons. The molecule has 0 spiro atoms. The lowest BCUT2D eigenvalue weighted by Crippen LogP contribution is -2.40. The first kappa shape index (κ1) is 19.0. The van der Waals surface area contributed by atoms with Crippen molar-refractivity contribution < 1.29 is 14.3 Å². The molecule has 6 nitrogen and oxygen atoms in total. The van der Waals surface area contributed by atoms with Gasteiger partial charge in [-0.05, 0) is 26.2 Å². The fraction of sp³-hybridized carbons (Fsp3) is 0.529. The molecule has 6 heteroatoms. The number of benzene rings is 1. The van der Waals surface area contributed by atoms with E-state index < -0.39 is 0 Å². The minimum absolute atomic E-state index is 0.0218. The third kappa shape index (κ3) is 8.83. The van der Waals surface area contributed by atoms with Crippen LogP contribution >= 0.6 is 0 Å². The van der Waals surface area contributed by atoms with Gasteiger partial charge in [0, 0.05) is 33.1 Å². The Bertz CT molecular complexity index is 477. The van der Waals surface area contributed by atoms with Crippen molar-refractivity contribution in [2.24, 2.45) is 0 Å². The summed E-state index contributed by atoms with van der Waals surface area (Å²) in [5.41, 5.74) is 0. The zero-order valence-electron chi connectivity index (χ0n) is 14.2. The highest BCUT2D eigenvalue weighted by atomic mass is 16.5. The van der Waals surface area contributed by atoms with Gasteiger partial charge in [-0.15, -0.1) is 0 Å². The van der Waals surface area contributed by atoms with Crippen LogP contribution in [0, 0.1) is 0 Å². The number of para-hydroxylation sites is 1. The summed E-state index contributed by atoms with van der Waals surface area (Å²) in [6.07, 6.45) is 0.298. The minimum Gasteiger partial charge on any atom is -0.493 e. The molecule has 1 aromatic carbocycles. The SMILES string of the molecule is CC(=O)N(CCNC(=O)CCOc1ccccc1)CCN(C)C. The largest absolute Gasteiger partial charge is 0.493 e.